The van der Waals surface area contributed by atoms with E-state index < -0.39 is 6.17 Å². The Morgan fingerprint density at radius 3 is 2.07 bits per heavy atom. The molecular formula is C53H38N4S. The molecule has 0 saturated heterocycles. The number of anilines is 2. The van der Waals surface area contributed by atoms with Crippen molar-refractivity contribution in [1.82, 2.24) is 5.32 Å². The monoisotopic (exact) mass is 762 g/mol. The summed E-state index contributed by atoms with van der Waals surface area (Å²) in [5.74, 6) is 1.65. The lowest BCUT2D eigenvalue weighted by molar-refractivity contribution is 0.761. The predicted molar refractivity (Wildman–Crippen MR) is 246 cm³/mol. The molecule has 2 atom stereocenters. The number of nitrogens with zero attached hydrogens (tertiary/aromatic N) is 3. The van der Waals surface area contributed by atoms with E-state index in [4.69, 9.17) is 9.98 Å². The summed E-state index contributed by atoms with van der Waals surface area (Å²) >= 11 is 1.90. The van der Waals surface area contributed by atoms with Gasteiger partial charge in [-0.3, -0.25) is 0 Å². The molecule has 1 aliphatic heterocycles. The number of thiophene rings is 1. The Hall–Kier alpha value is -7.08. The standard InChI is InChI=1S/C53H38N4S/c1-3-14-35(15-4-1)40-22-11-23-41(32-40)57(42-29-28-36-16-7-8-20-39(36)33-42)43-30-31-46-49(34-43)58-48-27-13-26-47(50(46)48)53-55-51(38-18-5-2-6-19-38)54-52(56-53)45-25-12-21-37-17-9-10-24-44(37)45/h1-33,43,53H,34H2,(H,54,55,56). The zero-order chi connectivity index (χ0) is 38.4. The van der Waals surface area contributed by atoms with Crippen molar-refractivity contribution in [3.8, 4) is 11.1 Å². The van der Waals surface area contributed by atoms with E-state index in [-0.39, 0.29) is 6.04 Å². The van der Waals surface area contributed by atoms with Gasteiger partial charge in [-0.2, -0.15) is 0 Å². The second-order valence-electron chi connectivity index (χ2n) is 15.0. The van der Waals surface area contributed by atoms with Gasteiger partial charge in [-0.15, -0.1) is 11.3 Å². The van der Waals surface area contributed by atoms with Gasteiger partial charge in [0.25, 0.3) is 0 Å². The van der Waals surface area contributed by atoms with Crippen LogP contribution >= 0.6 is 11.3 Å². The minimum absolute atomic E-state index is 0.105. The van der Waals surface area contributed by atoms with Gasteiger partial charge in [-0.05, 0) is 68.6 Å². The second kappa shape index (κ2) is 14.5. The fourth-order valence-corrected chi connectivity index (χ4v) is 9.94. The van der Waals surface area contributed by atoms with Gasteiger partial charge in [0, 0.05) is 49.4 Å². The maximum atomic E-state index is 5.40. The number of nitrogens with one attached hydrogen (secondary N) is 1. The first-order chi connectivity index (χ1) is 28.7. The first-order valence-electron chi connectivity index (χ1n) is 19.9. The molecular weight excluding hydrogens is 725 g/mol. The molecule has 0 amide bonds. The molecule has 11 rings (SSSR count). The van der Waals surface area contributed by atoms with Gasteiger partial charge >= 0.3 is 0 Å². The normalized spacial score (nSPS) is 16.1. The Kier molecular flexibility index (Phi) is 8.52. The van der Waals surface area contributed by atoms with E-state index in [1.807, 2.05) is 17.4 Å². The van der Waals surface area contributed by atoms with E-state index in [0.29, 0.717) is 0 Å². The van der Waals surface area contributed by atoms with Gasteiger partial charge < -0.3 is 10.2 Å². The molecule has 276 valence electrons. The molecule has 58 heavy (non-hydrogen) atoms. The molecule has 1 N–H and O–H groups in total. The van der Waals surface area contributed by atoms with Crippen molar-refractivity contribution >= 4 is 72.1 Å². The van der Waals surface area contributed by atoms with Crippen LogP contribution in [0.2, 0.25) is 0 Å². The van der Waals surface area contributed by atoms with E-state index in [1.165, 1.54) is 59.2 Å². The number of hydrogen-bond donors (Lipinski definition) is 1. The van der Waals surface area contributed by atoms with Crippen LogP contribution in [0.25, 0.3) is 48.8 Å². The molecule has 0 radical (unpaired) electrons. The van der Waals surface area contributed by atoms with Crippen molar-refractivity contribution in [3.63, 3.8) is 0 Å². The zero-order valence-corrected chi connectivity index (χ0v) is 32.5. The highest BCUT2D eigenvalue weighted by atomic mass is 32.1. The number of amidine groups is 2. The largest absolute Gasteiger partial charge is 0.334 e. The van der Waals surface area contributed by atoms with E-state index in [9.17, 15) is 0 Å². The Morgan fingerprint density at radius 2 is 1.21 bits per heavy atom. The van der Waals surface area contributed by atoms with Crippen LogP contribution in [-0.4, -0.2) is 17.7 Å². The van der Waals surface area contributed by atoms with Crippen molar-refractivity contribution in [2.45, 2.75) is 18.6 Å². The Balaban J connectivity index is 1.02. The molecule has 5 heteroatoms. The number of rotatable bonds is 7. The topological polar surface area (TPSA) is 40.0 Å². The van der Waals surface area contributed by atoms with Gasteiger partial charge in [0.05, 0.1) is 6.04 Å². The molecule has 2 aliphatic rings. The summed E-state index contributed by atoms with van der Waals surface area (Å²) in [4.78, 5) is 14.6. The fourth-order valence-electron chi connectivity index (χ4n) is 8.66. The number of fused-ring (bicyclic) bond motifs is 5. The number of hydrogen-bond acceptors (Lipinski definition) is 5. The van der Waals surface area contributed by atoms with Crippen LogP contribution in [0, 0.1) is 0 Å². The van der Waals surface area contributed by atoms with Gasteiger partial charge in [0.1, 0.15) is 11.7 Å². The van der Waals surface area contributed by atoms with Crippen molar-refractivity contribution < 1.29 is 0 Å². The molecule has 0 spiro atoms. The van der Waals surface area contributed by atoms with E-state index in [1.54, 1.807) is 0 Å². The SMILES string of the molecule is C1=CC(N(c2cccc(-c3ccccc3)c2)c2ccc3ccccc3c2)Cc2sc3cccc(C4N=C(c5ccccc5)NC(c5cccc6ccccc56)=N4)c3c21. The summed E-state index contributed by atoms with van der Waals surface area (Å²) in [6.45, 7) is 0. The van der Waals surface area contributed by atoms with Crippen LogP contribution in [-0.2, 0) is 6.42 Å². The van der Waals surface area contributed by atoms with Crippen LogP contribution in [0.4, 0.5) is 11.4 Å². The summed E-state index contributed by atoms with van der Waals surface area (Å²) in [7, 11) is 0. The molecule has 2 unspecified atom stereocenters. The van der Waals surface area contributed by atoms with Gasteiger partial charge in [0.15, 0.2) is 6.17 Å². The smallest absolute Gasteiger partial charge is 0.170 e. The summed E-state index contributed by atoms with van der Waals surface area (Å²) in [6.07, 6.45) is 5.22. The third-order valence-electron chi connectivity index (χ3n) is 11.4. The molecule has 0 saturated carbocycles. The minimum Gasteiger partial charge on any atom is -0.334 e. The van der Waals surface area contributed by atoms with Crippen molar-refractivity contribution in [2.24, 2.45) is 9.98 Å². The van der Waals surface area contributed by atoms with Crippen LogP contribution in [0.5, 0.6) is 0 Å². The lowest BCUT2D eigenvalue weighted by Gasteiger charge is -2.34. The van der Waals surface area contributed by atoms with Crippen molar-refractivity contribution in [1.29, 1.82) is 0 Å². The summed E-state index contributed by atoms with van der Waals surface area (Å²) in [5, 5.41) is 9.70. The lowest BCUT2D eigenvalue weighted by atomic mass is 9.94. The molecule has 1 aromatic heterocycles. The van der Waals surface area contributed by atoms with Crippen molar-refractivity contribution in [3.05, 3.63) is 221 Å². The Bertz CT molecular complexity index is 3080. The van der Waals surface area contributed by atoms with Crippen LogP contribution in [0.3, 0.4) is 0 Å². The van der Waals surface area contributed by atoms with Gasteiger partial charge in [0.2, 0.25) is 0 Å². The summed E-state index contributed by atoms with van der Waals surface area (Å²) in [5.41, 5.74) is 9.26. The van der Waals surface area contributed by atoms with Gasteiger partial charge in [-0.25, -0.2) is 9.98 Å². The summed E-state index contributed by atoms with van der Waals surface area (Å²) in [6, 6.07) is 67.2. The van der Waals surface area contributed by atoms with E-state index in [0.717, 1.165) is 40.2 Å². The molecule has 0 bridgehead atoms. The molecule has 0 fully saturated rings. The quantitative estimate of drug-likeness (QED) is 0.176. The minimum atomic E-state index is -0.422. The molecule has 2 heterocycles. The van der Waals surface area contributed by atoms with E-state index >= 15 is 0 Å². The first kappa shape index (κ1) is 34.2. The maximum Gasteiger partial charge on any atom is 0.170 e. The average Bonchev–Trinajstić information content (AvgIpc) is 3.68. The number of benzene rings is 8. The van der Waals surface area contributed by atoms with Crippen LogP contribution in [0.1, 0.15) is 33.3 Å². The third-order valence-corrected chi connectivity index (χ3v) is 12.6. The lowest BCUT2D eigenvalue weighted by Crippen LogP contribution is -2.36. The molecule has 4 nitrogen and oxygen atoms in total. The zero-order valence-electron chi connectivity index (χ0n) is 31.7. The highest BCUT2D eigenvalue weighted by molar-refractivity contribution is 7.19. The summed E-state index contributed by atoms with van der Waals surface area (Å²) < 4.78 is 1.26. The Labute approximate surface area is 341 Å². The fraction of sp³-hybridized carbons (Fsp3) is 0.0566. The highest BCUT2D eigenvalue weighted by Crippen LogP contribution is 2.44. The maximum absolute atomic E-state index is 5.40. The third kappa shape index (κ3) is 6.17. The van der Waals surface area contributed by atoms with Crippen molar-refractivity contribution in [2.75, 3.05) is 4.90 Å². The van der Waals surface area contributed by atoms with Gasteiger partial charge in [-0.1, -0.05) is 170 Å². The Morgan fingerprint density at radius 1 is 0.534 bits per heavy atom. The highest BCUT2D eigenvalue weighted by Gasteiger charge is 2.29. The molecule has 1 aliphatic carbocycles. The number of aliphatic imine (C=N–C) groups is 2. The molecule has 8 aromatic carbocycles. The average molecular weight is 763 g/mol. The van der Waals surface area contributed by atoms with Crippen LogP contribution in [0.15, 0.2) is 204 Å². The predicted octanol–water partition coefficient (Wildman–Crippen LogP) is 13.1. The van der Waals surface area contributed by atoms with Crippen LogP contribution < -0.4 is 10.2 Å². The molecule has 9 aromatic rings. The second-order valence-corrected chi connectivity index (χ2v) is 16.1. The first-order valence-corrected chi connectivity index (χ1v) is 20.7. The van der Waals surface area contributed by atoms with E-state index in [2.05, 4.69) is 204 Å².